The van der Waals surface area contributed by atoms with E-state index in [0.29, 0.717) is 42.3 Å². The SMILES string of the molecule is C=CCOC[C@@H](O)CN(Cc1c(-c2ccccc2)nn(C)c1Oc1ccccc1Cl)CC1CC1. The number of aliphatic hydroxyl groups is 1. The van der Waals surface area contributed by atoms with Crippen LogP contribution in [0.15, 0.2) is 67.3 Å². The Bertz CT molecular complexity index is 1080. The van der Waals surface area contributed by atoms with Crippen molar-refractivity contribution in [2.75, 3.05) is 26.3 Å². The first-order chi connectivity index (χ1) is 16.5. The summed E-state index contributed by atoms with van der Waals surface area (Å²) < 4.78 is 13.6. The van der Waals surface area contributed by atoms with Crippen LogP contribution >= 0.6 is 11.6 Å². The fraction of sp³-hybridized carbons (Fsp3) is 0.370. The van der Waals surface area contributed by atoms with Crippen molar-refractivity contribution < 1.29 is 14.6 Å². The van der Waals surface area contributed by atoms with Gasteiger partial charge in [0.2, 0.25) is 5.88 Å². The zero-order valence-corrected chi connectivity index (χ0v) is 20.3. The van der Waals surface area contributed by atoms with E-state index in [2.05, 4.69) is 11.5 Å². The van der Waals surface area contributed by atoms with Gasteiger partial charge in [0.1, 0.15) is 11.4 Å². The Kier molecular flexibility index (Phi) is 8.40. The molecule has 1 atom stereocenters. The number of rotatable bonds is 13. The van der Waals surface area contributed by atoms with Gasteiger partial charge in [-0.25, -0.2) is 4.68 Å². The second-order valence-electron chi connectivity index (χ2n) is 8.77. The lowest BCUT2D eigenvalue weighted by atomic mass is 10.1. The standard InChI is InChI=1S/C27H32ClN3O3/c1-3-15-33-19-22(32)17-31(16-20-13-14-20)18-23-26(21-9-5-4-6-10-21)29-30(2)27(23)34-25-12-8-7-11-24(25)28/h3-12,20,22,32H,1,13-19H2,2H3/t22-/m0/s1. The van der Waals surface area contributed by atoms with E-state index in [-0.39, 0.29) is 6.61 Å². The van der Waals surface area contributed by atoms with Crippen molar-refractivity contribution in [3.8, 4) is 22.9 Å². The van der Waals surface area contributed by atoms with Crippen LogP contribution in [0.4, 0.5) is 0 Å². The summed E-state index contributed by atoms with van der Waals surface area (Å²) >= 11 is 6.40. The molecule has 180 valence electrons. The van der Waals surface area contributed by atoms with Crippen LogP contribution in [-0.2, 0) is 18.3 Å². The van der Waals surface area contributed by atoms with Gasteiger partial charge in [0, 0.05) is 32.2 Å². The molecule has 6 nitrogen and oxygen atoms in total. The predicted octanol–water partition coefficient (Wildman–Crippen LogP) is 5.31. The molecule has 1 heterocycles. The summed E-state index contributed by atoms with van der Waals surface area (Å²) in [5.41, 5.74) is 2.85. The zero-order valence-electron chi connectivity index (χ0n) is 19.6. The fourth-order valence-electron chi connectivity index (χ4n) is 4.01. The van der Waals surface area contributed by atoms with Crippen LogP contribution in [0.3, 0.4) is 0 Å². The summed E-state index contributed by atoms with van der Waals surface area (Å²) in [5, 5.41) is 16.0. The third-order valence-electron chi connectivity index (χ3n) is 5.79. The monoisotopic (exact) mass is 481 g/mol. The first-order valence-electron chi connectivity index (χ1n) is 11.7. The van der Waals surface area contributed by atoms with Crippen LogP contribution in [0, 0.1) is 5.92 Å². The van der Waals surface area contributed by atoms with Crippen LogP contribution < -0.4 is 4.74 Å². The highest BCUT2D eigenvalue weighted by atomic mass is 35.5. The molecule has 3 aromatic rings. The lowest BCUT2D eigenvalue weighted by Crippen LogP contribution is -2.36. The molecule has 34 heavy (non-hydrogen) atoms. The normalized spacial score (nSPS) is 14.4. The van der Waals surface area contributed by atoms with Gasteiger partial charge >= 0.3 is 0 Å². The Balaban J connectivity index is 1.65. The average molecular weight is 482 g/mol. The van der Waals surface area contributed by atoms with Gasteiger partial charge in [0.25, 0.3) is 0 Å². The smallest absolute Gasteiger partial charge is 0.222 e. The molecule has 0 unspecified atom stereocenters. The van der Waals surface area contributed by atoms with Crippen molar-refractivity contribution in [2.24, 2.45) is 13.0 Å². The molecule has 4 rings (SSSR count). The number of aryl methyl sites for hydroxylation is 1. The molecule has 0 bridgehead atoms. The van der Waals surface area contributed by atoms with Gasteiger partial charge in [-0.3, -0.25) is 4.90 Å². The van der Waals surface area contributed by atoms with Crippen LogP contribution in [0.1, 0.15) is 18.4 Å². The second kappa shape index (κ2) is 11.7. The van der Waals surface area contributed by atoms with Gasteiger partial charge in [0.15, 0.2) is 0 Å². The minimum Gasteiger partial charge on any atom is -0.437 e. The Morgan fingerprint density at radius 3 is 2.65 bits per heavy atom. The highest BCUT2D eigenvalue weighted by Gasteiger charge is 2.28. The van der Waals surface area contributed by atoms with Gasteiger partial charge < -0.3 is 14.6 Å². The first kappa shape index (κ1) is 24.5. The summed E-state index contributed by atoms with van der Waals surface area (Å²) in [6.07, 6.45) is 3.54. The number of aliphatic hydroxyl groups excluding tert-OH is 1. The average Bonchev–Trinajstić information content (AvgIpc) is 3.60. The number of benzene rings is 2. The third kappa shape index (κ3) is 6.48. The van der Waals surface area contributed by atoms with Crippen molar-refractivity contribution in [1.82, 2.24) is 14.7 Å². The van der Waals surface area contributed by atoms with Crippen molar-refractivity contribution >= 4 is 11.6 Å². The van der Waals surface area contributed by atoms with Gasteiger partial charge in [-0.05, 0) is 30.9 Å². The van der Waals surface area contributed by atoms with Gasteiger partial charge in [0.05, 0.1) is 29.9 Å². The van der Waals surface area contributed by atoms with E-state index in [1.165, 1.54) is 12.8 Å². The number of hydrogen-bond donors (Lipinski definition) is 1. The van der Waals surface area contributed by atoms with E-state index in [4.69, 9.17) is 26.2 Å². The summed E-state index contributed by atoms with van der Waals surface area (Å²) in [5.74, 6) is 1.89. The predicted molar refractivity (Wildman–Crippen MR) is 135 cm³/mol. The number of hydrogen-bond acceptors (Lipinski definition) is 5. The quantitative estimate of drug-likeness (QED) is 0.265. The lowest BCUT2D eigenvalue weighted by Gasteiger charge is -2.25. The van der Waals surface area contributed by atoms with E-state index in [0.717, 1.165) is 23.4 Å². The summed E-state index contributed by atoms with van der Waals surface area (Å²) in [6, 6.07) is 17.5. The van der Waals surface area contributed by atoms with E-state index in [1.54, 1.807) is 10.8 Å². The molecular weight excluding hydrogens is 450 g/mol. The third-order valence-corrected chi connectivity index (χ3v) is 6.10. The zero-order chi connectivity index (χ0) is 23.9. The molecular formula is C27H32ClN3O3. The number of ether oxygens (including phenoxy) is 2. The molecule has 1 aliphatic carbocycles. The highest BCUT2D eigenvalue weighted by molar-refractivity contribution is 6.32. The Morgan fingerprint density at radius 1 is 1.21 bits per heavy atom. The first-order valence-corrected chi connectivity index (χ1v) is 12.1. The molecule has 1 fully saturated rings. The maximum Gasteiger partial charge on any atom is 0.222 e. The van der Waals surface area contributed by atoms with Crippen molar-refractivity contribution in [2.45, 2.75) is 25.5 Å². The van der Waals surface area contributed by atoms with Crippen LogP contribution in [0.25, 0.3) is 11.3 Å². The minimum atomic E-state index is -0.594. The largest absolute Gasteiger partial charge is 0.437 e. The number of halogens is 1. The molecule has 1 N–H and O–H groups in total. The van der Waals surface area contributed by atoms with Crippen molar-refractivity contribution in [3.63, 3.8) is 0 Å². The molecule has 7 heteroatoms. The second-order valence-corrected chi connectivity index (χ2v) is 9.18. The number of aromatic nitrogens is 2. The van der Waals surface area contributed by atoms with E-state index in [9.17, 15) is 5.11 Å². The number of para-hydroxylation sites is 1. The van der Waals surface area contributed by atoms with Crippen molar-refractivity contribution in [3.05, 3.63) is 77.8 Å². The lowest BCUT2D eigenvalue weighted by molar-refractivity contribution is 0.0235. The Hall–Kier alpha value is -2.64. The molecule has 1 aliphatic rings. The van der Waals surface area contributed by atoms with Gasteiger partial charge in [-0.1, -0.05) is 60.1 Å². The Morgan fingerprint density at radius 2 is 1.94 bits per heavy atom. The molecule has 0 amide bonds. The molecule has 0 aliphatic heterocycles. The van der Waals surface area contributed by atoms with Crippen LogP contribution in [0.2, 0.25) is 5.02 Å². The maximum atomic E-state index is 10.6. The highest BCUT2D eigenvalue weighted by Crippen LogP contribution is 2.37. The topological polar surface area (TPSA) is 59.8 Å². The van der Waals surface area contributed by atoms with Crippen LogP contribution in [0.5, 0.6) is 11.6 Å². The van der Waals surface area contributed by atoms with Crippen LogP contribution in [-0.4, -0.2) is 52.2 Å². The molecule has 0 spiro atoms. The van der Waals surface area contributed by atoms with Crippen molar-refractivity contribution in [1.29, 1.82) is 0 Å². The Labute approximate surface area is 206 Å². The molecule has 1 aromatic heterocycles. The van der Waals surface area contributed by atoms with Gasteiger partial charge in [-0.15, -0.1) is 6.58 Å². The summed E-state index contributed by atoms with van der Waals surface area (Å²) in [6.45, 7) is 6.37. The molecule has 2 aromatic carbocycles. The molecule has 1 saturated carbocycles. The van der Waals surface area contributed by atoms with E-state index in [1.807, 2.05) is 61.6 Å². The minimum absolute atomic E-state index is 0.273. The van der Waals surface area contributed by atoms with E-state index >= 15 is 0 Å². The summed E-state index contributed by atoms with van der Waals surface area (Å²) in [7, 11) is 1.88. The molecule has 0 radical (unpaired) electrons. The fourth-order valence-corrected chi connectivity index (χ4v) is 4.19. The van der Waals surface area contributed by atoms with E-state index < -0.39 is 6.10 Å². The summed E-state index contributed by atoms with van der Waals surface area (Å²) in [4.78, 5) is 2.28. The molecule has 0 saturated heterocycles. The number of nitrogens with zero attached hydrogens (tertiary/aromatic N) is 3. The van der Waals surface area contributed by atoms with Gasteiger partial charge in [-0.2, -0.15) is 5.10 Å². The maximum absolute atomic E-state index is 10.6.